The third-order valence-corrected chi connectivity index (χ3v) is 10.8. The number of nitrogens with zero attached hydrogens (tertiary/aromatic N) is 1. The van der Waals surface area contributed by atoms with Crippen molar-refractivity contribution in [2.45, 2.75) is 114 Å². The van der Waals surface area contributed by atoms with Crippen molar-refractivity contribution < 1.29 is 19.8 Å². The van der Waals surface area contributed by atoms with E-state index in [0.29, 0.717) is 36.5 Å². The fourth-order valence-corrected chi connectivity index (χ4v) is 8.89. The highest BCUT2D eigenvalue weighted by molar-refractivity contribution is 7.82. The average molecular weight is 530 g/mol. The molecule has 35 heavy (non-hydrogen) atoms. The molecule has 0 heterocycles. The molecule has 3 saturated carbocycles. The summed E-state index contributed by atoms with van der Waals surface area (Å²) in [6, 6.07) is 0. The normalized spacial score (nSPS) is 40.4. The molecule has 0 aromatic rings. The molecule has 0 aromatic carbocycles. The second kappa shape index (κ2) is 13.0. The Bertz CT molecular complexity index is 734. The molecule has 3 fully saturated rings. The topological polar surface area (TPSA) is 70.0 Å². The standard InChI is InChI=1S/C24H39NO4S2.2C2H6/c1-14(4-7-22(28)25(2)29-3)17-5-6-18-16-13-21(27)20-12-15(26)8-10-24(20,31)19(16)9-11-23(17,18)30;2*1-2/h9,14-18,20-21,26-27,30-31H,4-8,10-13H2,1-3H3;2*1-2H3/t14?,15-,16?,17?,18?,20?,21+,23?,24?;;/m1../s1. The second-order valence-electron chi connectivity index (χ2n) is 10.6. The summed E-state index contributed by atoms with van der Waals surface area (Å²) < 4.78 is -0.383. The van der Waals surface area contributed by atoms with E-state index in [1.54, 1.807) is 7.05 Å². The molecular formula is C28H51NO4S2. The quantitative estimate of drug-likeness (QED) is 0.209. The van der Waals surface area contributed by atoms with E-state index in [2.05, 4.69) is 13.0 Å². The Hall–Kier alpha value is -0.210. The van der Waals surface area contributed by atoms with Crippen LogP contribution in [-0.2, 0) is 9.63 Å². The zero-order chi connectivity index (χ0) is 26.6. The summed E-state index contributed by atoms with van der Waals surface area (Å²) in [5, 5.41) is 22.6. The van der Waals surface area contributed by atoms with Gasteiger partial charge in [-0.05, 0) is 75.0 Å². The number of carbonyl (C=O) groups excluding carboxylic acids is 1. The average Bonchev–Trinajstić information content (AvgIpc) is 3.23. The van der Waals surface area contributed by atoms with E-state index >= 15 is 0 Å². The molecule has 0 saturated heterocycles. The molecule has 9 atom stereocenters. The number of hydroxylamine groups is 2. The van der Waals surface area contributed by atoms with Gasteiger partial charge in [0.15, 0.2) is 0 Å². The lowest BCUT2D eigenvalue weighted by Crippen LogP contribution is -2.57. The Morgan fingerprint density at radius 1 is 1.14 bits per heavy atom. The molecule has 2 N–H and O–H groups in total. The van der Waals surface area contributed by atoms with E-state index in [1.165, 1.54) is 17.7 Å². The SMILES string of the molecule is CC.CC.CON(C)C(=O)CCC(C)C1CCC2C3C[C@H](O)C4C[C@H](O)CCC4(S)C3=CCC12S. The molecule has 7 unspecified atom stereocenters. The van der Waals surface area contributed by atoms with Crippen LogP contribution in [0.5, 0.6) is 0 Å². The number of allylic oxidation sites excluding steroid dienone is 1. The van der Waals surface area contributed by atoms with Gasteiger partial charge in [-0.2, -0.15) is 25.3 Å². The van der Waals surface area contributed by atoms with Crippen LogP contribution in [0.1, 0.15) is 92.4 Å². The molecular weight excluding hydrogens is 478 g/mol. The largest absolute Gasteiger partial charge is 0.393 e. The first kappa shape index (κ1) is 31.0. The molecule has 5 nitrogen and oxygen atoms in total. The predicted octanol–water partition coefficient (Wildman–Crippen LogP) is 5.71. The molecule has 4 aliphatic carbocycles. The van der Waals surface area contributed by atoms with Crippen LogP contribution in [0, 0.1) is 29.6 Å². The molecule has 0 aromatic heterocycles. The minimum atomic E-state index is -0.413. The van der Waals surface area contributed by atoms with Gasteiger partial charge in [0.25, 0.3) is 0 Å². The molecule has 7 heteroatoms. The number of thiol groups is 2. The van der Waals surface area contributed by atoms with Crippen molar-refractivity contribution in [3.8, 4) is 0 Å². The Morgan fingerprint density at radius 3 is 2.43 bits per heavy atom. The highest BCUT2D eigenvalue weighted by Gasteiger charge is 2.60. The minimum absolute atomic E-state index is 0.0147. The number of carbonyl (C=O) groups is 1. The predicted molar refractivity (Wildman–Crippen MR) is 151 cm³/mol. The highest BCUT2D eigenvalue weighted by atomic mass is 32.1. The molecule has 0 spiro atoms. The zero-order valence-electron chi connectivity index (χ0n) is 23.0. The van der Waals surface area contributed by atoms with Crippen LogP contribution in [0.3, 0.4) is 0 Å². The van der Waals surface area contributed by atoms with Gasteiger partial charge in [-0.15, -0.1) is 0 Å². The molecule has 1 amide bonds. The van der Waals surface area contributed by atoms with E-state index in [4.69, 9.17) is 30.1 Å². The summed E-state index contributed by atoms with van der Waals surface area (Å²) in [6.07, 6.45) is 9.18. The van der Waals surface area contributed by atoms with Crippen molar-refractivity contribution >= 4 is 31.2 Å². The maximum Gasteiger partial charge on any atom is 0.245 e. The van der Waals surface area contributed by atoms with Crippen LogP contribution in [0.2, 0.25) is 0 Å². The van der Waals surface area contributed by atoms with Crippen molar-refractivity contribution in [2.75, 3.05) is 14.2 Å². The Kier molecular flexibility index (Phi) is 11.6. The number of fused-ring (bicyclic) bond motifs is 5. The van der Waals surface area contributed by atoms with Gasteiger partial charge in [-0.25, -0.2) is 5.06 Å². The van der Waals surface area contributed by atoms with Crippen molar-refractivity contribution in [3.05, 3.63) is 11.6 Å². The summed E-state index contributed by atoms with van der Waals surface area (Å²) in [5.41, 5.74) is 1.41. The zero-order valence-corrected chi connectivity index (χ0v) is 24.8. The summed E-state index contributed by atoms with van der Waals surface area (Å²) in [5.74, 6) is 1.67. The van der Waals surface area contributed by atoms with Crippen molar-refractivity contribution in [1.29, 1.82) is 0 Å². The first-order valence-corrected chi connectivity index (χ1v) is 14.8. The highest BCUT2D eigenvalue weighted by Crippen LogP contribution is 2.64. The summed E-state index contributed by atoms with van der Waals surface area (Å²) in [7, 11) is 3.17. The Labute approximate surface area is 225 Å². The molecule has 4 rings (SSSR count). The third kappa shape index (κ3) is 5.94. The maximum absolute atomic E-state index is 12.2. The van der Waals surface area contributed by atoms with Gasteiger partial charge in [0.1, 0.15) is 0 Å². The van der Waals surface area contributed by atoms with Crippen LogP contribution >= 0.6 is 25.3 Å². The van der Waals surface area contributed by atoms with Gasteiger partial charge in [0.05, 0.1) is 19.3 Å². The number of aliphatic hydroxyl groups excluding tert-OH is 2. The Balaban J connectivity index is 0.00000103. The number of hydrogen-bond donors (Lipinski definition) is 4. The molecule has 204 valence electrons. The van der Waals surface area contributed by atoms with Crippen molar-refractivity contribution in [3.63, 3.8) is 0 Å². The minimum Gasteiger partial charge on any atom is -0.393 e. The number of aliphatic hydroxyl groups is 2. The lowest BCUT2D eigenvalue weighted by atomic mass is 9.55. The van der Waals surface area contributed by atoms with Crippen molar-refractivity contribution in [2.24, 2.45) is 29.6 Å². The molecule has 4 aliphatic rings. The van der Waals surface area contributed by atoms with Crippen LogP contribution in [-0.4, -0.2) is 57.0 Å². The van der Waals surface area contributed by atoms with E-state index in [0.717, 1.165) is 44.9 Å². The van der Waals surface area contributed by atoms with Gasteiger partial charge in [0.2, 0.25) is 5.91 Å². The lowest BCUT2D eigenvalue weighted by molar-refractivity contribution is -0.169. The Morgan fingerprint density at radius 2 is 1.80 bits per heavy atom. The van der Waals surface area contributed by atoms with Crippen LogP contribution in [0.4, 0.5) is 0 Å². The number of rotatable bonds is 5. The van der Waals surface area contributed by atoms with E-state index in [1.807, 2.05) is 27.7 Å². The molecule has 0 aliphatic heterocycles. The van der Waals surface area contributed by atoms with Crippen LogP contribution in [0.25, 0.3) is 0 Å². The van der Waals surface area contributed by atoms with E-state index in [9.17, 15) is 15.0 Å². The van der Waals surface area contributed by atoms with Gasteiger partial charge in [-0.3, -0.25) is 9.63 Å². The summed E-state index contributed by atoms with van der Waals surface area (Å²) >= 11 is 10.5. The smallest absolute Gasteiger partial charge is 0.245 e. The van der Waals surface area contributed by atoms with Gasteiger partial charge >= 0.3 is 0 Å². The van der Waals surface area contributed by atoms with Gasteiger partial charge < -0.3 is 10.2 Å². The van der Waals surface area contributed by atoms with Crippen molar-refractivity contribution in [1.82, 2.24) is 5.06 Å². The number of amides is 1. The molecule has 0 radical (unpaired) electrons. The fraction of sp³-hybridized carbons (Fsp3) is 0.893. The summed E-state index contributed by atoms with van der Waals surface area (Å²) in [4.78, 5) is 17.2. The van der Waals surface area contributed by atoms with Gasteiger partial charge in [-0.1, -0.05) is 46.3 Å². The van der Waals surface area contributed by atoms with E-state index in [-0.39, 0.29) is 27.4 Å². The number of hydrogen-bond acceptors (Lipinski definition) is 6. The maximum atomic E-state index is 12.2. The fourth-order valence-electron chi connectivity index (χ4n) is 7.44. The third-order valence-electron chi connectivity index (χ3n) is 9.19. The summed E-state index contributed by atoms with van der Waals surface area (Å²) in [6.45, 7) is 10.3. The van der Waals surface area contributed by atoms with E-state index < -0.39 is 6.10 Å². The second-order valence-corrected chi connectivity index (χ2v) is 12.2. The van der Waals surface area contributed by atoms with Crippen LogP contribution < -0.4 is 0 Å². The lowest BCUT2D eigenvalue weighted by Gasteiger charge is -2.57. The van der Waals surface area contributed by atoms with Gasteiger partial charge in [0, 0.05) is 28.9 Å². The monoisotopic (exact) mass is 529 g/mol. The van der Waals surface area contributed by atoms with Crippen LogP contribution in [0.15, 0.2) is 11.6 Å². The molecule has 0 bridgehead atoms. The first-order valence-electron chi connectivity index (χ1n) is 13.9. The first-order chi connectivity index (χ1) is 16.6.